The van der Waals surface area contributed by atoms with E-state index in [1.54, 1.807) is 0 Å². The van der Waals surface area contributed by atoms with Crippen molar-refractivity contribution in [2.24, 2.45) is 4.99 Å². The number of carbonyl (C=O) groups is 1. The zero-order chi connectivity index (χ0) is 18.6. The summed E-state index contributed by atoms with van der Waals surface area (Å²) in [6, 6.07) is 0. The van der Waals surface area contributed by atoms with E-state index >= 15 is 0 Å². The smallest absolute Gasteiger partial charge is 0.474 e. The van der Waals surface area contributed by atoms with Crippen molar-refractivity contribution in [2.75, 3.05) is 13.1 Å². The quantitative estimate of drug-likeness (QED) is 0.827. The highest BCUT2D eigenvalue weighted by atomic mass is 35.5. The summed E-state index contributed by atoms with van der Waals surface area (Å²) in [7, 11) is 0. The molecule has 6 heteroatoms. The number of carbonyl (C=O) groups excluding carboxylic acids is 1. The minimum absolute atomic E-state index is 0.0564. The molecule has 0 unspecified atom stereocenters. The lowest BCUT2D eigenvalue weighted by Crippen LogP contribution is -3.16. The number of alkyl carbamates (subject to hydrolysis) is 2. The van der Waals surface area contributed by atoms with Crippen molar-refractivity contribution in [1.29, 1.82) is 0 Å². The lowest BCUT2D eigenvalue weighted by atomic mass is 10.1. The van der Waals surface area contributed by atoms with Gasteiger partial charge in [-0.1, -0.05) is 18.5 Å². The van der Waals surface area contributed by atoms with Crippen molar-refractivity contribution in [3.8, 4) is 0 Å². The highest BCUT2D eigenvalue weighted by molar-refractivity contribution is 6.32. The molecule has 2 aliphatic heterocycles. The molecule has 0 aromatic rings. The minimum Gasteiger partial charge on any atom is -0.474 e. The van der Waals surface area contributed by atoms with E-state index in [0.717, 1.165) is 41.2 Å². The zero-order valence-corrected chi connectivity index (χ0v) is 16.7. The first kappa shape index (κ1) is 20.0. The van der Waals surface area contributed by atoms with Crippen LogP contribution in [0.2, 0.25) is 0 Å². The van der Waals surface area contributed by atoms with Crippen LogP contribution in [0.1, 0.15) is 60.3 Å². The molecule has 140 valence electrons. The number of amides is 1. The minimum atomic E-state index is -0.450. The van der Waals surface area contributed by atoms with Crippen LogP contribution in [-0.2, 0) is 9.47 Å². The van der Waals surface area contributed by atoms with E-state index in [9.17, 15) is 4.79 Å². The molecule has 2 rings (SSSR count). The van der Waals surface area contributed by atoms with Gasteiger partial charge in [-0.05, 0) is 39.7 Å². The van der Waals surface area contributed by atoms with Gasteiger partial charge in [0, 0.05) is 36.1 Å². The van der Waals surface area contributed by atoms with E-state index in [-0.39, 0.29) is 12.2 Å². The number of quaternary nitrogens is 1. The van der Waals surface area contributed by atoms with Crippen LogP contribution in [0, 0.1) is 0 Å². The fraction of sp³-hybridized carbons (Fsp3) is 0.684. The van der Waals surface area contributed by atoms with Gasteiger partial charge < -0.3 is 9.47 Å². The monoisotopic (exact) mass is 369 g/mol. The third-order valence-electron chi connectivity index (χ3n) is 4.44. The van der Waals surface area contributed by atoms with Crippen LogP contribution in [0.3, 0.4) is 0 Å². The molecule has 0 aliphatic carbocycles. The van der Waals surface area contributed by atoms with E-state index < -0.39 is 5.60 Å². The van der Waals surface area contributed by atoms with Crippen LogP contribution in [0.4, 0.5) is 4.79 Å². The first-order valence-corrected chi connectivity index (χ1v) is 9.45. The topological polar surface area (TPSA) is 52.3 Å². The lowest BCUT2D eigenvalue weighted by Gasteiger charge is -2.29. The maximum absolute atomic E-state index is 12.2. The standard InChI is InChI=1S/C19H29ClN2O3/c1-6-14-7-10-21-17(13(2)16(14)20)24-15-8-11-22(12-9-15)18(23)25-19(3,4)5/h10,15H,6-9,11-12H2,1-5H3/p+1. The molecule has 25 heavy (non-hydrogen) atoms. The highest BCUT2D eigenvalue weighted by Gasteiger charge is 2.32. The van der Waals surface area contributed by atoms with Gasteiger partial charge in [0.2, 0.25) is 5.88 Å². The summed E-state index contributed by atoms with van der Waals surface area (Å²) in [6.07, 6.45) is 5.02. The molecule has 0 aromatic heterocycles. The van der Waals surface area contributed by atoms with Crippen molar-refractivity contribution in [1.82, 2.24) is 0 Å². The second-order valence-corrected chi connectivity index (χ2v) is 8.02. The van der Waals surface area contributed by atoms with Crippen LogP contribution in [0.25, 0.3) is 0 Å². The number of nitrogens with zero attached hydrogens (tertiary/aromatic N) is 1. The molecule has 5 nitrogen and oxygen atoms in total. The number of piperidine rings is 1. The van der Waals surface area contributed by atoms with E-state index in [1.165, 1.54) is 5.57 Å². The number of halogens is 1. The summed E-state index contributed by atoms with van der Waals surface area (Å²) in [6.45, 7) is 11.1. The molecule has 0 saturated carbocycles. The summed E-state index contributed by atoms with van der Waals surface area (Å²) in [5, 5.41) is 0.770. The van der Waals surface area contributed by atoms with Crippen molar-refractivity contribution >= 4 is 23.9 Å². The van der Waals surface area contributed by atoms with Crippen LogP contribution in [0.5, 0.6) is 0 Å². The summed E-state index contributed by atoms with van der Waals surface area (Å²) in [5.41, 5.74) is 1.63. The Labute approximate surface area is 155 Å². The van der Waals surface area contributed by atoms with Crippen LogP contribution >= 0.6 is 11.6 Å². The maximum Gasteiger partial charge on any atom is 0.514 e. The van der Waals surface area contributed by atoms with Gasteiger partial charge in [0.05, 0.1) is 13.1 Å². The normalized spacial score (nSPS) is 25.0. The van der Waals surface area contributed by atoms with Crippen LogP contribution in [-0.4, -0.2) is 37.1 Å². The second-order valence-electron chi connectivity index (χ2n) is 7.64. The molecule has 1 amide bonds. The van der Waals surface area contributed by atoms with Gasteiger partial charge in [-0.3, -0.25) is 0 Å². The Morgan fingerprint density at radius 3 is 2.56 bits per heavy atom. The molecule has 1 fully saturated rings. The first-order valence-electron chi connectivity index (χ1n) is 9.07. The Balaban J connectivity index is 1.95. The Hall–Kier alpha value is -1.33. The fourth-order valence-electron chi connectivity index (χ4n) is 2.97. The van der Waals surface area contributed by atoms with Crippen molar-refractivity contribution in [2.45, 2.75) is 72.0 Å². The van der Waals surface area contributed by atoms with Gasteiger partial charge in [-0.15, -0.1) is 0 Å². The molecule has 0 atom stereocenters. The Kier molecular flexibility index (Phi) is 6.69. The number of allylic oxidation sites excluding steroid dienone is 3. The molecule has 1 saturated heterocycles. The number of hydrogen-bond acceptors (Lipinski definition) is 4. The fourth-order valence-corrected chi connectivity index (χ4v) is 3.26. The number of aliphatic imine (C=N–C) groups is 1. The first-order chi connectivity index (χ1) is 11.7. The van der Waals surface area contributed by atoms with Gasteiger partial charge in [0.1, 0.15) is 11.7 Å². The maximum atomic E-state index is 12.2. The van der Waals surface area contributed by atoms with E-state index in [0.29, 0.717) is 19.0 Å². The number of nitrogens with one attached hydrogen (secondary N) is 1. The number of likely N-dealkylation sites (tertiary alicyclic amines) is 1. The summed E-state index contributed by atoms with van der Waals surface area (Å²) in [5.74, 6) is 0.610. The molecule has 0 bridgehead atoms. The molecule has 0 spiro atoms. The summed E-state index contributed by atoms with van der Waals surface area (Å²) < 4.78 is 11.6. The second kappa shape index (κ2) is 8.37. The molecular weight excluding hydrogens is 340 g/mol. The third kappa shape index (κ3) is 5.58. The summed E-state index contributed by atoms with van der Waals surface area (Å²) >= 11 is 6.47. The van der Waals surface area contributed by atoms with Gasteiger partial charge in [-0.2, -0.15) is 4.79 Å². The molecule has 1 N–H and O–H groups in total. The lowest BCUT2D eigenvalue weighted by molar-refractivity contribution is -0.832. The van der Waals surface area contributed by atoms with Gasteiger partial charge >= 0.3 is 6.09 Å². The SMILES string of the molecule is CCC1=C(Cl)C(C)=C(OC2CC[NH+](C(=O)OC(C)(C)C)CC2)N=CC1. The van der Waals surface area contributed by atoms with Crippen LogP contribution in [0.15, 0.2) is 27.1 Å². The number of hydrogen-bond donors (Lipinski definition) is 1. The van der Waals surface area contributed by atoms with Crippen LogP contribution < -0.4 is 4.90 Å². The number of ether oxygens (including phenoxy) is 2. The average molecular weight is 370 g/mol. The highest BCUT2D eigenvalue weighted by Crippen LogP contribution is 2.30. The average Bonchev–Trinajstić information content (AvgIpc) is 2.67. The molecule has 2 aliphatic rings. The predicted molar refractivity (Wildman–Crippen MR) is 100 cm³/mol. The number of rotatable bonds is 3. The van der Waals surface area contributed by atoms with Gasteiger partial charge in [-0.25, -0.2) is 9.89 Å². The zero-order valence-electron chi connectivity index (χ0n) is 15.9. The van der Waals surface area contributed by atoms with E-state index in [4.69, 9.17) is 21.1 Å². The van der Waals surface area contributed by atoms with E-state index in [1.807, 2.05) is 33.9 Å². The van der Waals surface area contributed by atoms with Crippen molar-refractivity contribution < 1.29 is 19.2 Å². The Bertz CT molecular complexity index is 594. The molecule has 0 aromatic carbocycles. The Morgan fingerprint density at radius 2 is 2.00 bits per heavy atom. The molecule has 0 radical (unpaired) electrons. The van der Waals surface area contributed by atoms with E-state index in [2.05, 4.69) is 11.9 Å². The Morgan fingerprint density at radius 1 is 1.36 bits per heavy atom. The third-order valence-corrected chi connectivity index (χ3v) is 4.99. The van der Waals surface area contributed by atoms with Crippen molar-refractivity contribution in [3.05, 3.63) is 22.1 Å². The van der Waals surface area contributed by atoms with Gasteiger partial charge in [0.15, 0.2) is 0 Å². The largest absolute Gasteiger partial charge is 0.514 e. The predicted octanol–water partition coefficient (Wildman–Crippen LogP) is 3.59. The molecular formula is C19H30ClN2O3+. The summed E-state index contributed by atoms with van der Waals surface area (Å²) in [4.78, 5) is 17.5. The van der Waals surface area contributed by atoms with Gasteiger partial charge in [0.25, 0.3) is 0 Å². The molecule has 2 heterocycles. The van der Waals surface area contributed by atoms with Crippen molar-refractivity contribution in [3.63, 3.8) is 0 Å².